The van der Waals surface area contributed by atoms with E-state index in [4.69, 9.17) is 4.74 Å². The molecule has 1 aliphatic carbocycles. The summed E-state index contributed by atoms with van der Waals surface area (Å²) in [6.07, 6.45) is 3.20. The number of hydrogen-bond donors (Lipinski definition) is 1. The van der Waals surface area contributed by atoms with Crippen LogP contribution < -0.4 is 5.32 Å². The monoisotopic (exact) mass is 323 g/mol. The third kappa shape index (κ3) is 4.22. The summed E-state index contributed by atoms with van der Waals surface area (Å²) in [5, 5.41) is 2.98. The van der Waals surface area contributed by atoms with Crippen LogP contribution in [0.2, 0.25) is 0 Å². The van der Waals surface area contributed by atoms with Crippen molar-refractivity contribution in [2.75, 3.05) is 6.61 Å². The van der Waals surface area contributed by atoms with E-state index >= 15 is 0 Å². The highest BCUT2D eigenvalue weighted by atomic mass is 16.5. The first-order chi connectivity index (χ1) is 11.7. The quantitative estimate of drug-likeness (QED) is 0.861. The van der Waals surface area contributed by atoms with E-state index in [9.17, 15) is 9.59 Å². The third-order valence-electron chi connectivity index (χ3n) is 4.26. The molecule has 0 saturated carbocycles. The lowest BCUT2D eigenvalue weighted by atomic mass is 9.88. The van der Waals surface area contributed by atoms with Crippen molar-refractivity contribution in [1.29, 1.82) is 0 Å². The van der Waals surface area contributed by atoms with Crippen LogP contribution in [0.5, 0.6) is 0 Å². The lowest BCUT2D eigenvalue weighted by Crippen LogP contribution is -2.34. The van der Waals surface area contributed by atoms with Gasteiger partial charge in [-0.3, -0.25) is 9.59 Å². The third-order valence-corrected chi connectivity index (χ3v) is 4.26. The van der Waals surface area contributed by atoms with Gasteiger partial charge in [0.25, 0.3) is 5.91 Å². The SMILES string of the molecule is O=C(COC(=O)Cc1ccccc1)NC1CCCc2ccccc21. The first kappa shape index (κ1) is 16.2. The molecule has 4 heteroatoms. The maximum atomic E-state index is 12.1. The molecule has 24 heavy (non-hydrogen) atoms. The van der Waals surface area contributed by atoms with Crippen LogP contribution in [0.4, 0.5) is 0 Å². The van der Waals surface area contributed by atoms with Crippen LogP contribution in [-0.4, -0.2) is 18.5 Å². The van der Waals surface area contributed by atoms with Crippen molar-refractivity contribution in [3.63, 3.8) is 0 Å². The Morgan fingerprint density at radius 3 is 2.62 bits per heavy atom. The number of ether oxygens (including phenoxy) is 1. The molecule has 0 spiro atoms. The van der Waals surface area contributed by atoms with Gasteiger partial charge in [0.05, 0.1) is 12.5 Å². The molecular weight excluding hydrogens is 302 g/mol. The molecule has 1 N–H and O–H groups in total. The average Bonchev–Trinajstić information content (AvgIpc) is 2.61. The number of amides is 1. The second kappa shape index (κ2) is 7.77. The number of carbonyl (C=O) groups is 2. The molecule has 1 amide bonds. The van der Waals surface area contributed by atoms with Crippen molar-refractivity contribution in [3.05, 3.63) is 71.3 Å². The van der Waals surface area contributed by atoms with E-state index in [0.29, 0.717) is 0 Å². The molecule has 1 atom stereocenters. The molecule has 0 bridgehead atoms. The fourth-order valence-corrected chi connectivity index (χ4v) is 3.10. The Labute approximate surface area is 141 Å². The Morgan fingerprint density at radius 1 is 1.04 bits per heavy atom. The molecule has 0 fully saturated rings. The molecule has 124 valence electrons. The molecule has 3 rings (SSSR count). The zero-order valence-corrected chi connectivity index (χ0v) is 13.5. The van der Waals surface area contributed by atoms with Crippen LogP contribution in [0, 0.1) is 0 Å². The maximum Gasteiger partial charge on any atom is 0.310 e. The fraction of sp³-hybridized carbons (Fsp3) is 0.300. The van der Waals surface area contributed by atoms with Crippen LogP contribution >= 0.6 is 0 Å². The minimum Gasteiger partial charge on any atom is -0.455 e. The van der Waals surface area contributed by atoms with Gasteiger partial charge in [0.15, 0.2) is 6.61 Å². The van der Waals surface area contributed by atoms with Gasteiger partial charge in [0, 0.05) is 0 Å². The molecule has 2 aromatic rings. The van der Waals surface area contributed by atoms with Gasteiger partial charge in [-0.2, -0.15) is 0 Å². The average molecular weight is 323 g/mol. The van der Waals surface area contributed by atoms with Crippen molar-refractivity contribution in [2.24, 2.45) is 0 Å². The number of rotatable bonds is 5. The number of esters is 1. The van der Waals surface area contributed by atoms with Crippen LogP contribution in [0.3, 0.4) is 0 Å². The van der Waals surface area contributed by atoms with E-state index in [0.717, 1.165) is 24.8 Å². The van der Waals surface area contributed by atoms with Gasteiger partial charge in [-0.1, -0.05) is 54.6 Å². The van der Waals surface area contributed by atoms with Crippen molar-refractivity contribution < 1.29 is 14.3 Å². The largest absolute Gasteiger partial charge is 0.455 e. The highest BCUT2D eigenvalue weighted by molar-refractivity contribution is 5.81. The predicted octanol–water partition coefficient (Wildman–Crippen LogP) is 2.97. The van der Waals surface area contributed by atoms with E-state index in [-0.39, 0.29) is 30.9 Å². The molecule has 4 nitrogen and oxygen atoms in total. The molecule has 0 heterocycles. The molecular formula is C20H21NO3. The molecule has 1 aliphatic rings. The second-order valence-corrected chi connectivity index (χ2v) is 6.03. The Morgan fingerprint density at radius 2 is 1.79 bits per heavy atom. The summed E-state index contributed by atoms with van der Waals surface area (Å²) in [5.74, 6) is -0.640. The summed E-state index contributed by atoms with van der Waals surface area (Å²) in [7, 11) is 0. The molecule has 1 unspecified atom stereocenters. The van der Waals surface area contributed by atoms with Crippen LogP contribution in [0.25, 0.3) is 0 Å². The minimum atomic E-state index is -0.389. The number of hydrogen-bond acceptors (Lipinski definition) is 3. The summed E-state index contributed by atoms with van der Waals surface area (Å²) in [6, 6.07) is 17.5. The van der Waals surface area contributed by atoms with Gasteiger partial charge in [0.1, 0.15) is 0 Å². The van der Waals surface area contributed by atoms with Gasteiger partial charge in [-0.15, -0.1) is 0 Å². The van der Waals surface area contributed by atoms with Crippen molar-refractivity contribution >= 4 is 11.9 Å². The standard InChI is InChI=1S/C20H21NO3/c22-19(14-24-20(23)13-15-7-2-1-3-8-15)21-18-12-6-10-16-9-4-5-11-17(16)18/h1-5,7-9,11,18H,6,10,12-14H2,(H,21,22). The molecule has 0 radical (unpaired) electrons. The Balaban J connectivity index is 1.49. The Hall–Kier alpha value is -2.62. The minimum absolute atomic E-state index is 0.00951. The lowest BCUT2D eigenvalue weighted by molar-refractivity contribution is -0.148. The van der Waals surface area contributed by atoms with E-state index in [1.54, 1.807) is 0 Å². The number of fused-ring (bicyclic) bond motifs is 1. The lowest BCUT2D eigenvalue weighted by Gasteiger charge is -2.26. The first-order valence-electron chi connectivity index (χ1n) is 8.29. The van der Waals surface area contributed by atoms with Crippen LogP contribution in [-0.2, 0) is 27.2 Å². The van der Waals surface area contributed by atoms with Crippen molar-refractivity contribution in [1.82, 2.24) is 5.32 Å². The number of carbonyl (C=O) groups excluding carboxylic acids is 2. The second-order valence-electron chi connectivity index (χ2n) is 6.03. The number of aryl methyl sites for hydroxylation is 1. The van der Waals surface area contributed by atoms with Crippen molar-refractivity contribution in [3.8, 4) is 0 Å². The maximum absolute atomic E-state index is 12.1. The number of benzene rings is 2. The fourth-order valence-electron chi connectivity index (χ4n) is 3.10. The summed E-state index contributed by atoms with van der Waals surface area (Å²) in [4.78, 5) is 23.9. The summed E-state index contributed by atoms with van der Waals surface area (Å²) >= 11 is 0. The normalized spacial score (nSPS) is 16.1. The summed E-state index contributed by atoms with van der Waals surface area (Å²) in [5.41, 5.74) is 3.34. The molecule has 0 aliphatic heterocycles. The van der Waals surface area contributed by atoms with E-state index < -0.39 is 0 Å². The van der Waals surface area contributed by atoms with Crippen LogP contribution in [0.1, 0.15) is 35.6 Å². The zero-order valence-electron chi connectivity index (χ0n) is 13.5. The topological polar surface area (TPSA) is 55.4 Å². The van der Waals surface area contributed by atoms with Gasteiger partial charge in [-0.25, -0.2) is 0 Å². The Bertz CT molecular complexity index is 712. The van der Waals surface area contributed by atoms with E-state index in [2.05, 4.69) is 17.4 Å². The predicted molar refractivity (Wildman–Crippen MR) is 91.4 cm³/mol. The highest BCUT2D eigenvalue weighted by Gasteiger charge is 2.21. The smallest absolute Gasteiger partial charge is 0.310 e. The van der Waals surface area contributed by atoms with Gasteiger partial charge in [0.2, 0.25) is 0 Å². The number of nitrogens with one attached hydrogen (secondary N) is 1. The van der Waals surface area contributed by atoms with Gasteiger partial charge >= 0.3 is 5.97 Å². The van der Waals surface area contributed by atoms with Gasteiger partial charge < -0.3 is 10.1 Å². The van der Waals surface area contributed by atoms with Crippen molar-refractivity contribution in [2.45, 2.75) is 31.7 Å². The molecule has 0 aromatic heterocycles. The molecule has 2 aromatic carbocycles. The van der Waals surface area contributed by atoms with E-state index in [1.165, 1.54) is 11.1 Å². The highest BCUT2D eigenvalue weighted by Crippen LogP contribution is 2.29. The zero-order chi connectivity index (χ0) is 16.8. The van der Waals surface area contributed by atoms with Gasteiger partial charge in [-0.05, 0) is 36.0 Å². The molecule has 0 saturated heterocycles. The summed E-state index contributed by atoms with van der Waals surface area (Å²) in [6.45, 7) is -0.232. The van der Waals surface area contributed by atoms with E-state index in [1.807, 2.05) is 42.5 Å². The summed E-state index contributed by atoms with van der Waals surface area (Å²) < 4.78 is 5.09. The first-order valence-corrected chi connectivity index (χ1v) is 8.29. The van der Waals surface area contributed by atoms with Crippen LogP contribution in [0.15, 0.2) is 54.6 Å². The Kier molecular flexibility index (Phi) is 5.26.